The monoisotopic (exact) mass is 428 g/mol. The second-order valence-electron chi connectivity index (χ2n) is 5.73. The van der Waals surface area contributed by atoms with E-state index in [9.17, 15) is 4.79 Å². The first kappa shape index (κ1) is 21.8. The number of carbonyl (C=O) groups excluding carboxylic acids is 1. The summed E-state index contributed by atoms with van der Waals surface area (Å²) in [5, 5.41) is 6.53. The first-order chi connectivity index (χ1) is 13.4. The van der Waals surface area contributed by atoms with Gasteiger partial charge in [0.2, 0.25) is 11.9 Å². The van der Waals surface area contributed by atoms with Crippen LogP contribution in [0.5, 0.6) is 11.8 Å². The lowest BCUT2D eigenvalue weighted by Crippen LogP contribution is -2.32. The summed E-state index contributed by atoms with van der Waals surface area (Å²) in [5.41, 5.74) is 0. The van der Waals surface area contributed by atoms with E-state index in [1.54, 1.807) is 23.1 Å². The van der Waals surface area contributed by atoms with Gasteiger partial charge in [-0.3, -0.25) is 4.79 Å². The molecule has 0 atom stereocenters. The van der Waals surface area contributed by atoms with E-state index in [1.165, 1.54) is 0 Å². The number of amides is 1. The Morgan fingerprint density at radius 3 is 2.64 bits per heavy atom. The highest BCUT2D eigenvalue weighted by atomic mass is 35.5. The summed E-state index contributed by atoms with van der Waals surface area (Å²) in [5.74, 6) is 0.967. The Morgan fingerprint density at radius 2 is 1.96 bits per heavy atom. The molecule has 2 N–H and O–H groups in total. The first-order valence-corrected chi connectivity index (χ1v) is 9.29. The zero-order chi connectivity index (χ0) is 20.5. The number of nitrogens with zero attached hydrogens (tertiary/aromatic N) is 4. The number of ether oxygens (including phenoxy) is 2. The number of hydrogen-bond donors (Lipinski definition) is 2. The van der Waals surface area contributed by atoms with Crippen molar-refractivity contribution >= 4 is 41.0 Å². The van der Waals surface area contributed by atoms with Crippen LogP contribution in [-0.4, -0.2) is 61.3 Å². The standard InChI is InChI=1S/C17H22Cl2N6O3/c1-4-20-15-22-16(25(2)3)24-17(23-15)27-8-7-21-14(26)10-28-13-6-5-11(18)9-12(13)19/h5-6,9H,4,7-8,10H2,1-3H3,(H,21,26)(H,20,22,23,24). The smallest absolute Gasteiger partial charge is 0.323 e. The maximum Gasteiger partial charge on any atom is 0.323 e. The lowest BCUT2D eigenvalue weighted by Gasteiger charge is -2.13. The van der Waals surface area contributed by atoms with Crippen LogP contribution in [0.25, 0.3) is 0 Å². The third-order valence-corrected chi connectivity index (χ3v) is 3.78. The highest BCUT2D eigenvalue weighted by molar-refractivity contribution is 6.35. The molecule has 0 aliphatic heterocycles. The molecule has 0 spiro atoms. The largest absolute Gasteiger partial charge is 0.482 e. The van der Waals surface area contributed by atoms with E-state index in [2.05, 4.69) is 25.6 Å². The number of nitrogens with one attached hydrogen (secondary N) is 2. The molecule has 0 bridgehead atoms. The summed E-state index contributed by atoms with van der Waals surface area (Å²) in [6, 6.07) is 4.95. The molecule has 0 fully saturated rings. The van der Waals surface area contributed by atoms with Gasteiger partial charge in [-0.1, -0.05) is 23.2 Å². The Hall–Kier alpha value is -2.52. The number of carbonyl (C=O) groups is 1. The van der Waals surface area contributed by atoms with E-state index in [-0.39, 0.29) is 31.7 Å². The highest BCUT2D eigenvalue weighted by Crippen LogP contribution is 2.27. The first-order valence-electron chi connectivity index (χ1n) is 8.53. The van der Waals surface area contributed by atoms with Crippen LogP contribution in [0.4, 0.5) is 11.9 Å². The van der Waals surface area contributed by atoms with E-state index in [0.29, 0.717) is 34.2 Å². The number of halogens is 2. The minimum atomic E-state index is -0.312. The molecule has 28 heavy (non-hydrogen) atoms. The van der Waals surface area contributed by atoms with Crippen LogP contribution in [0.15, 0.2) is 18.2 Å². The summed E-state index contributed by atoms with van der Waals surface area (Å²) >= 11 is 11.8. The summed E-state index contributed by atoms with van der Waals surface area (Å²) in [7, 11) is 3.64. The molecule has 9 nitrogen and oxygen atoms in total. The van der Waals surface area contributed by atoms with Crippen molar-refractivity contribution in [2.45, 2.75) is 6.92 Å². The van der Waals surface area contributed by atoms with E-state index < -0.39 is 0 Å². The summed E-state index contributed by atoms with van der Waals surface area (Å²) < 4.78 is 10.9. The fourth-order valence-corrected chi connectivity index (χ4v) is 2.43. The van der Waals surface area contributed by atoms with Gasteiger partial charge in [-0.05, 0) is 25.1 Å². The molecule has 11 heteroatoms. The molecule has 2 aromatic rings. The van der Waals surface area contributed by atoms with E-state index in [1.807, 2.05) is 21.0 Å². The third-order valence-electron chi connectivity index (χ3n) is 3.25. The second-order valence-corrected chi connectivity index (χ2v) is 6.57. The van der Waals surface area contributed by atoms with E-state index in [0.717, 1.165) is 0 Å². The molecule has 1 aromatic carbocycles. The van der Waals surface area contributed by atoms with E-state index >= 15 is 0 Å². The van der Waals surface area contributed by atoms with Crippen LogP contribution in [0, 0.1) is 0 Å². The van der Waals surface area contributed by atoms with Crippen LogP contribution >= 0.6 is 23.2 Å². The SMILES string of the molecule is CCNc1nc(OCCNC(=O)COc2ccc(Cl)cc2Cl)nc(N(C)C)n1. The fourth-order valence-electron chi connectivity index (χ4n) is 1.97. The number of hydrogen-bond acceptors (Lipinski definition) is 8. The van der Waals surface area contributed by atoms with Crippen molar-refractivity contribution < 1.29 is 14.3 Å². The Balaban J connectivity index is 1.78. The maximum absolute atomic E-state index is 11.9. The van der Waals surface area contributed by atoms with Crippen LogP contribution in [0.2, 0.25) is 10.0 Å². The lowest BCUT2D eigenvalue weighted by molar-refractivity contribution is -0.123. The van der Waals surface area contributed by atoms with Gasteiger partial charge in [0.15, 0.2) is 6.61 Å². The average molecular weight is 429 g/mol. The molecule has 0 radical (unpaired) electrons. The third kappa shape index (κ3) is 6.90. The minimum absolute atomic E-state index is 0.174. The Bertz CT molecular complexity index is 806. The molecule has 1 aromatic heterocycles. The molecular weight excluding hydrogens is 407 g/mol. The topological polar surface area (TPSA) is 102 Å². The molecule has 1 amide bonds. The summed E-state index contributed by atoms with van der Waals surface area (Å²) in [6.45, 7) is 2.88. The van der Waals surface area contributed by atoms with Crippen molar-refractivity contribution in [2.75, 3.05) is 50.6 Å². The Kier molecular flexibility index (Phi) is 8.34. The molecule has 0 aliphatic carbocycles. The highest BCUT2D eigenvalue weighted by Gasteiger charge is 2.10. The van der Waals surface area contributed by atoms with Gasteiger partial charge in [-0.25, -0.2) is 0 Å². The minimum Gasteiger partial charge on any atom is -0.482 e. The van der Waals surface area contributed by atoms with E-state index in [4.69, 9.17) is 32.7 Å². The maximum atomic E-state index is 11.9. The molecule has 0 aliphatic rings. The van der Waals surface area contributed by atoms with Crippen LogP contribution < -0.4 is 25.0 Å². The van der Waals surface area contributed by atoms with Crippen molar-refractivity contribution in [3.05, 3.63) is 28.2 Å². The van der Waals surface area contributed by atoms with Gasteiger partial charge >= 0.3 is 6.01 Å². The summed E-state index contributed by atoms with van der Waals surface area (Å²) in [4.78, 5) is 26.2. The van der Waals surface area contributed by atoms with Crippen molar-refractivity contribution in [1.82, 2.24) is 20.3 Å². The molecule has 1 heterocycles. The number of rotatable bonds is 10. The molecule has 2 rings (SSSR count). The van der Waals surface area contributed by atoms with Crippen molar-refractivity contribution in [3.63, 3.8) is 0 Å². The average Bonchev–Trinajstić information content (AvgIpc) is 2.64. The zero-order valence-electron chi connectivity index (χ0n) is 15.8. The molecule has 152 valence electrons. The van der Waals surface area contributed by atoms with Crippen LogP contribution in [-0.2, 0) is 4.79 Å². The second kappa shape index (κ2) is 10.7. The normalized spacial score (nSPS) is 10.3. The molecule has 0 saturated carbocycles. The lowest BCUT2D eigenvalue weighted by atomic mass is 10.3. The van der Waals surface area contributed by atoms with Crippen molar-refractivity contribution in [1.29, 1.82) is 0 Å². The molecule has 0 saturated heterocycles. The van der Waals surface area contributed by atoms with Gasteiger partial charge in [0.1, 0.15) is 12.4 Å². The molecular formula is C17H22Cl2N6O3. The Morgan fingerprint density at radius 1 is 1.18 bits per heavy atom. The predicted molar refractivity (Wildman–Crippen MR) is 109 cm³/mol. The zero-order valence-corrected chi connectivity index (χ0v) is 17.3. The van der Waals surface area contributed by atoms with Gasteiger partial charge < -0.3 is 25.0 Å². The summed E-state index contributed by atoms with van der Waals surface area (Å²) in [6.07, 6.45) is 0. The van der Waals surface area contributed by atoms with Crippen LogP contribution in [0.1, 0.15) is 6.92 Å². The van der Waals surface area contributed by atoms with Gasteiger partial charge in [0.05, 0.1) is 11.6 Å². The van der Waals surface area contributed by atoms with Gasteiger partial charge in [0.25, 0.3) is 5.91 Å². The van der Waals surface area contributed by atoms with Gasteiger partial charge in [-0.15, -0.1) is 0 Å². The Labute approximate surface area is 173 Å². The van der Waals surface area contributed by atoms with Crippen molar-refractivity contribution in [2.24, 2.45) is 0 Å². The van der Waals surface area contributed by atoms with Crippen molar-refractivity contribution in [3.8, 4) is 11.8 Å². The quantitative estimate of drug-likeness (QED) is 0.555. The number of benzene rings is 1. The van der Waals surface area contributed by atoms with Gasteiger partial charge in [-0.2, -0.15) is 15.0 Å². The number of aromatic nitrogens is 3. The van der Waals surface area contributed by atoms with Crippen LogP contribution in [0.3, 0.4) is 0 Å². The molecule has 0 unspecified atom stereocenters. The predicted octanol–water partition coefficient (Wildman–Crippen LogP) is 2.25. The number of anilines is 2. The fraction of sp³-hybridized carbons (Fsp3) is 0.412. The van der Waals surface area contributed by atoms with Gasteiger partial charge in [0, 0.05) is 25.7 Å².